The molecular weight excluding hydrogens is 410 g/mol. The van der Waals surface area contributed by atoms with Crippen LogP contribution in [0.3, 0.4) is 0 Å². The Hall–Kier alpha value is -3.39. The summed E-state index contributed by atoms with van der Waals surface area (Å²) in [6.45, 7) is 6.66. The molecular formula is C23H23N5O2S. The van der Waals surface area contributed by atoms with Gasteiger partial charge in [-0.3, -0.25) is 18.6 Å². The van der Waals surface area contributed by atoms with E-state index in [9.17, 15) is 9.59 Å². The lowest BCUT2D eigenvalue weighted by Crippen LogP contribution is -2.28. The second-order valence-corrected chi connectivity index (χ2v) is 8.25. The summed E-state index contributed by atoms with van der Waals surface area (Å²) >= 11 is 1.31. The number of allylic oxidation sites excluding steroid dienone is 1. The fraction of sp³-hybridized carbons (Fsp3) is 0.217. The minimum atomic E-state index is -0.138. The lowest BCUT2D eigenvalue weighted by molar-refractivity contribution is -0.127. The van der Waals surface area contributed by atoms with Gasteiger partial charge in [-0.05, 0) is 30.2 Å². The van der Waals surface area contributed by atoms with E-state index in [1.165, 1.54) is 11.8 Å². The smallest absolute Gasteiger partial charge is 0.263 e. The minimum Gasteiger partial charge on any atom is -0.341 e. The van der Waals surface area contributed by atoms with Crippen LogP contribution < -0.4 is 5.56 Å². The topological polar surface area (TPSA) is 72.5 Å². The van der Waals surface area contributed by atoms with E-state index in [2.05, 4.69) is 16.8 Å². The number of nitrogens with zero attached hydrogens (tertiary/aromatic N) is 5. The predicted molar refractivity (Wildman–Crippen MR) is 123 cm³/mol. The van der Waals surface area contributed by atoms with Gasteiger partial charge in [0.2, 0.25) is 11.7 Å². The van der Waals surface area contributed by atoms with Crippen molar-refractivity contribution >= 4 is 34.3 Å². The molecule has 0 radical (unpaired) electrons. The molecule has 2 aromatic heterocycles. The van der Waals surface area contributed by atoms with Gasteiger partial charge in [0.15, 0.2) is 5.16 Å². The van der Waals surface area contributed by atoms with E-state index < -0.39 is 0 Å². The van der Waals surface area contributed by atoms with E-state index in [4.69, 9.17) is 0 Å². The molecule has 0 aliphatic rings. The molecule has 0 fully saturated rings. The molecule has 0 N–H and O–H groups in total. The summed E-state index contributed by atoms with van der Waals surface area (Å²) in [4.78, 5) is 27.3. The number of rotatable bonds is 7. The third-order valence-corrected chi connectivity index (χ3v) is 6.12. The monoisotopic (exact) mass is 433 g/mol. The maximum atomic E-state index is 12.9. The average Bonchev–Trinajstić information content (AvgIpc) is 3.20. The highest BCUT2D eigenvalue weighted by Gasteiger charge is 2.18. The standard InChI is InChI=1S/C23H23N5O2S/c1-4-13-27-21(30)18-11-7-8-12-19(18)28-22(27)24-25-23(28)31-15-20(29)26(3)14-17-10-6-5-9-16(17)2/h4-12H,1,13-15H2,2-3H3. The van der Waals surface area contributed by atoms with Gasteiger partial charge in [-0.15, -0.1) is 16.8 Å². The fourth-order valence-corrected chi connectivity index (χ4v) is 4.37. The molecule has 0 aliphatic heterocycles. The molecule has 0 spiro atoms. The molecule has 4 aromatic rings. The van der Waals surface area contributed by atoms with E-state index in [0.717, 1.165) is 16.6 Å². The zero-order valence-electron chi connectivity index (χ0n) is 17.5. The predicted octanol–water partition coefficient (Wildman–Crippen LogP) is 3.29. The lowest BCUT2D eigenvalue weighted by atomic mass is 10.1. The summed E-state index contributed by atoms with van der Waals surface area (Å²) in [6.07, 6.45) is 1.65. The van der Waals surface area contributed by atoms with Crippen LogP contribution in [0.15, 0.2) is 71.1 Å². The van der Waals surface area contributed by atoms with Gasteiger partial charge in [0, 0.05) is 20.1 Å². The zero-order chi connectivity index (χ0) is 22.0. The molecule has 2 heterocycles. The second kappa shape index (κ2) is 8.77. The molecule has 158 valence electrons. The molecule has 0 saturated heterocycles. The fourth-order valence-electron chi connectivity index (χ4n) is 3.49. The molecule has 0 atom stereocenters. The van der Waals surface area contributed by atoms with Gasteiger partial charge in [0.05, 0.1) is 16.7 Å². The molecule has 7 nitrogen and oxygen atoms in total. The van der Waals surface area contributed by atoms with E-state index in [-0.39, 0.29) is 17.2 Å². The maximum Gasteiger partial charge on any atom is 0.263 e. The molecule has 8 heteroatoms. The largest absolute Gasteiger partial charge is 0.341 e. The first-order valence-corrected chi connectivity index (χ1v) is 10.9. The summed E-state index contributed by atoms with van der Waals surface area (Å²) in [5.74, 6) is 0.651. The van der Waals surface area contributed by atoms with Gasteiger partial charge < -0.3 is 4.90 Å². The summed E-state index contributed by atoms with van der Waals surface area (Å²) < 4.78 is 3.37. The molecule has 0 saturated carbocycles. The Labute approximate surface area is 184 Å². The van der Waals surface area contributed by atoms with Crippen molar-refractivity contribution in [3.63, 3.8) is 0 Å². The van der Waals surface area contributed by atoms with Crippen molar-refractivity contribution in [1.29, 1.82) is 0 Å². The molecule has 0 unspecified atom stereocenters. The van der Waals surface area contributed by atoms with Crippen LogP contribution in [0.5, 0.6) is 0 Å². The third kappa shape index (κ3) is 3.98. The number of carbonyl (C=O) groups is 1. The van der Waals surface area contributed by atoms with Crippen LogP contribution in [0.25, 0.3) is 16.7 Å². The van der Waals surface area contributed by atoms with Crippen molar-refractivity contribution in [3.05, 3.63) is 82.7 Å². The normalized spacial score (nSPS) is 11.2. The highest BCUT2D eigenvalue weighted by Crippen LogP contribution is 2.22. The van der Waals surface area contributed by atoms with Crippen LogP contribution in [0.4, 0.5) is 0 Å². The van der Waals surface area contributed by atoms with Crippen LogP contribution in [-0.2, 0) is 17.9 Å². The van der Waals surface area contributed by atoms with Crippen molar-refractivity contribution in [2.45, 2.75) is 25.2 Å². The number of thioether (sulfide) groups is 1. The first-order chi connectivity index (χ1) is 15.0. The van der Waals surface area contributed by atoms with E-state index in [1.54, 1.807) is 28.7 Å². The lowest BCUT2D eigenvalue weighted by Gasteiger charge is -2.18. The maximum absolute atomic E-state index is 12.9. The van der Waals surface area contributed by atoms with E-state index >= 15 is 0 Å². The van der Waals surface area contributed by atoms with E-state index in [0.29, 0.717) is 29.4 Å². The van der Waals surface area contributed by atoms with Gasteiger partial charge >= 0.3 is 0 Å². The number of aryl methyl sites for hydroxylation is 1. The van der Waals surface area contributed by atoms with Crippen LogP contribution in [0.2, 0.25) is 0 Å². The summed E-state index contributed by atoms with van der Waals surface area (Å²) in [5, 5.41) is 9.64. The van der Waals surface area contributed by atoms with Crippen molar-refractivity contribution in [1.82, 2.24) is 24.1 Å². The van der Waals surface area contributed by atoms with Crippen LogP contribution in [-0.4, -0.2) is 42.8 Å². The van der Waals surface area contributed by atoms with E-state index in [1.807, 2.05) is 53.8 Å². The van der Waals surface area contributed by atoms with Gasteiger partial charge in [-0.25, -0.2) is 0 Å². The SMILES string of the molecule is C=CCn1c(=O)c2ccccc2n2c(SCC(=O)N(C)Cc3ccccc3C)nnc12. The van der Waals surface area contributed by atoms with Gasteiger partial charge in [0.25, 0.3) is 5.56 Å². The Morgan fingerprint density at radius 1 is 1.16 bits per heavy atom. The number of hydrogen-bond donors (Lipinski definition) is 0. The number of carbonyl (C=O) groups excluding carboxylic acids is 1. The number of benzene rings is 2. The highest BCUT2D eigenvalue weighted by molar-refractivity contribution is 7.99. The molecule has 0 bridgehead atoms. The Bertz CT molecular complexity index is 1340. The summed E-state index contributed by atoms with van der Waals surface area (Å²) in [7, 11) is 1.80. The Kier molecular flexibility index (Phi) is 5.90. The average molecular weight is 434 g/mol. The van der Waals surface area contributed by atoms with Crippen molar-refractivity contribution in [2.75, 3.05) is 12.8 Å². The van der Waals surface area contributed by atoms with Crippen molar-refractivity contribution in [3.8, 4) is 0 Å². The number of hydrogen-bond acceptors (Lipinski definition) is 5. The second-order valence-electron chi connectivity index (χ2n) is 7.30. The van der Waals surface area contributed by atoms with Gasteiger partial charge in [-0.1, -0.05) is 54.2 Å². The van der Waals surface area contributed by atoms with Gasteiger partial charge in [-0.2, -0.15) is 0 Å². The van der Waals surface area contributed by atoms with Crippen molar-refractivity contribution in [2.24, 2.45) is 0 Å². The van der Waals surface area contributed by atoms with Crippen LogP contribution in [0, 0.1) is 6.92 Å². The Morgan fingerprint density at radius 3 is 2.68 bits per heavy atom. The molecule has 0 aliphatic carbocycles. The minimum absolute atomic E-state index is 0.00581. The summed E-state index contributed by atoms with van der Waals surface area (Å²) in [5.41, 5.74) is 2.86. The quantitative estimate of drug-likeness (QED) is 0.330. The third-order valence-electron chi connectivity index (χ3n) is 5.21. The number of aromatic nitrogens is 4. The summed E-state index contributed by atoms with van der Waals surface area (Å²) in [6, 6.07) is 15.4. The molecule has 2 aromatic carbocycles. The zero-order valence-corrected chi connectivity index (χ0v) is 18.3. The van der Waals surface area contributed by atoms with Crippen LogP contribution >= 0.6 is 11.8 Å². The van der Waals surface area contributed by atoms with Gasteiger partial charge in [0.1, 0.15) is 0 Å². The number of fused-ring (bicyclic) bond motifs is 3. The highest BCUT2D eigenvalue weighted by atomic mass is 32.2. The van der Waals surface area contributed by atoms with Crippen LogP contribution in [0.1, 0.15) is 11.1 Å². The Balaban J connectivity index is 1.62. The van der Waals surface area contributed by atoms with Crippen molar-refractivity contribution < 1.29 is 4.79 Å². The first kappa shape index (κ1) is 20.9. The Morgan fingerprint density at radius 2 is 1.90 bits per heavy atom. The first-order valence-electron chi connectivity index (χ1n) is 9.90. The number of para-hydroxylation sites is 1. The molecule has 31 heavy (non-hydrogen) atoms. The molecule has 4 rings (SSSR count). The molecule has 1 amide bonds. The number of amides is 1.